The molecule has 5 nitrogen and oxygen atoms in total. The van der Waals surface area contributed by atoms with Gasteiger partial charge in [-0.15, -0.1) is 0 Å². The maximum Gasteiger partial charge on any atom is 0.225 e. The Morgan fingerprint density at radius 3 is 2.72 bits per heavy atom. The van der Waals surface area contributed by atoms with E-state index in [1.165, 1.54) is 0 Å². The van der Waals surface area contributed by atoms with Gasteiger partial charge in [0.25, 0.3) is 0 Å². The fourth-order valence-corrected chi connectivity index (χ4v) is 1.76. The third-order valence-electron chi connectivity index (χ3n) is 2.62. The van der Waals surface area contributed by atoms with E-state index in [4.69, 9.17) is 5.11 Å². The van der Waals surface area contributed by atoms with Gasteiger partial charge in [0.2, 0.25) is 5.95 Å². The van der Waals surface area contributed by atoms with Crippen LogP contribution in [0.4, 0.5) is 11.8 Å². The first-order valence-electron chi connectivity index (χ1n) is 6.01. The van der Waals surface area contributed by atoms with Crippen LogP contribution in [0.3, 0.4) is 0 Å². The maximum absolute atomic E-state index is 8.77. The van der Waals surface area contributed by atoms with Crippen molar-refractivity contribution in [2.75, 3.05) is 37.5 Å². The molecule has 0 radical (unpaired) electrons. The molecule has 0 aliphatic carbocycles. The van der Waals surface area contributed by atoms with Gasteiger partial charge in [-0.25, -0.2) is 4.98 Å². The highest BCUT2D eigenvalue weighted by molar-refractivity contribution is 5.90. The molecule has 5 heteroatoms. The van der Waals surface area contributed by atoms with Gasteiger partial charge in [-0.3, -0.25) is 0 Å². The van der Waals surface area contributed by atoms with Crippen LogP contribution in [0.15, 0.2) is 24.3 Å². The van der Waals surface area contributed by atoms with E-state index in [2.05, 4.69) is 15.3 Å². The summed E-state index contributed by atoms with van der Waals surface area (Å²) in [6.07, 6.45) is 0.688. The third kappa shape index (κ3) is 2.68. The summed E-state index contributed by atoms with van der Waals surface area (Å²) in [5, 5.41) is 12.9. The smallest absolute Gasteiger partial charge is 0.225 e. The summed E-state index contributed by atoms with van der Waals surface area (Å²) < 4.78 is 0. The van der Waals surface area contributed by atoms with Crippen LogP contribution in [-0.4, -0.2) is 42.3 Å². The molecule has 0 aliphatic heterocycles. The van der Waals surface area contributed by atoms with Crippen molar-refractivity contribution in [3.63, 3.8) is 0 Å². The molecular weight excluding hydrogens is 228 g/mol. The van der Waals surface area contributed by atoms with E-state index in [1.54, 1.807) is 0 Å². The Morgan fingerprint density at radius 1 is 1.22 bits per heavy atom. The predicted octanol–water partition coefficient (Wildman–Crippen LogP) is 1.49. The third-order valence-corrected chi connectivity index (χ3v) is 2.62. The Bertz CT molecular complexity index is 527. The lowest BCUT2D eigenvalue weighted by molar-refractivity contribution is 0.292. The molecule has 1 aromatic heterocycles. The summed E-state index contributed by atoms with van der Waals surface area (Å²) in [5.74, 6) is 1.50. The summed E-state index contributed by atoms with van der Waals surface area (Å²) in [4.78, 5) is 10.9. The quantitative estimate of drug-likeness (QED) is 0.783. The lowest BCUT2D eigenvalue weighted by Gasteiger charge is -2.15. The number of anilines is 2. The number of hydrogen-bond acceptors (Lipinski definition) is 5. The number of fused-ring (bicyclic) bond motifs is 1. The van der Waals surface area contributed by atoms with Gasteiger partial charge in [-0.2, -0.15) is 4.98 Å². The van der Waals surface area contributed by atoms with Crippen LogP contribution in [0.5, 0.6) is 0 Å². The second-order valence-corrected chi connectivity index (χ2v) is 4.29. The molecule has 0 fully saturated rings. The molecule has 0 aliphatic rings. The first-order chi connectivity index (χ1) is 8.72. The van der Waals surface area contributed by atoms with E-state index in [-0.39, 0.29) is 6.61 Å². The van der Waals surface area contributed by atoms with E-state index >= 15 is 0 Å². The van der Waals surface area contributed by atoms with Gasteiger partial charge in [0.05, 0.1) is 5.52 Å². The van der Waals surface area contributed by atoms with Crippen LogP contribution in [0.1, 0.15) is 6.42 Å². The molecule has 1 heterocycles. The highest BCUT2D eigenvalue weighted by Gasteiger charge is 2.08. The number of aliphatic hydroxyl groups excluding tert-OH is 1. The number of nitrogens with one attached hydrogen (secondary N) is 1. The summed E-state index contributed by atoms with van der Waals surface area (Å²) in [6, 6.07) is 7.94. The number of benzene rings is 1. The minimum atomic E-state index is 0.168. The van der Waals surface area contributed by atoms with Crippen molar-refractivity contribution in [3.8, 4) is 0 Å². The summed E-state index contributed by atoms with van der Waals surface area (Å²) in [6.45, 7) is 0.836. The van der Waals surface area contributed by atoms with E-state index in [0.717, 1.165) is 16.7 Å². The number of para-hydroxylation sites is 1. The van der Waals surface area contributed by atoms with Gasteiger partial charge in [0.1, 0.15) is 5.82 Å². The van der Waals surface area contributed by atoms with E-state index < -0.39 is 0 Å². The summed E-state index contributed by atoms with van der Waals surface area (Å²) in [7, 11) is 3.93. The number of hydrogen-bond donors (Lipinski definition) is 2. The van der Waals surface area contributed by atoms with Crippen LogP contribution in [-0.2, 0) is 0 Å². The van der Waals surface area contributed by atoms with Crippen molar-refractivity contribution in [2.24, 2.45) is 0 Å². The van der Waals surface area contributed by atoms with Crippen molar-refractivity contribution in [1.82, 2.24) is 9.97 Å². The van der Waals surface area contributed by atoms with Gasteiger partial charge >= 0.3 is 0 Å². The largest absolute Gasteiger partial charge is 0.396 e. The van der Waals surface area contributed by atoms with Crippen molar-refractivity contribution in [1.29, 1.82) is 0 Å². The second-order valence-electron chi connectivity index (χ2n) is 4.29. The van der Waals surface area contributed by atoms with E-state index in [1.807, 2.05) is 43.3 Å². The topological polar surface area (TPSA) is 61.3 Å². The zero-order valence-electron chi connectivity index (χ0n) is 10.7. The molecule has 0 bridgehead atoms. The summed E-state index contributed by atoms with van der Waals surface area (Å²) >= 11 is 0. The van der Waals surface area contributed by atoms with Gasteiger partial charge in [0.15, 0.2) is 0 Å². The molecule has 0 amide bonds. The van der Waals surface area contributed by atoms with Gasteiger partial charge in [0, 0.05) is 32.6 Å². The highest BCUT2D eigenvalue weighted by atomic mass is 16.3. The number of nitrogens with zero attached hydrogens (tertiary/aromatic N) is 3. The molecular formula is C13H18N4O. The average molecular weight is 246 g/mol. The highest BCUT2D eigenvalue weighted by Crippen LogP contribution is 2.23. The molecule has 2 N–H and O–H groups in total. The predicted molar refractivity (Wildman–Crippen MR) is 74.1 cm³/mol. The monoisotopic (exact) mass is 246 g/mol. The van der Waals surface area contributed by atoms with Crippen molar-refractivity contribution >= 4 is 22.7 Å². The minimum Gasteiger partial charge on any atom is -0.396 e. The Labute approximate surface area is 106 Å². The molecule has 2 rings (SSSR count). The Hall–Kier alpha value is -1.88. The van der Waals surface area contributed by atoms with Crippen LogP contribution in [0.25, 0.3) is 10.9 Å². The van der Waals surface area contributed by atoms with Gasteiger partial charge in [-0.05, 0) is 18.6 Å². The summed E-state index contributed by atoms with van der Waals surface area (Å²) in [5.41, 5.74) is 0.919. The van der Waals surface area contributed by atoms with E-state index in [0.29, 0.717) is 18.9 Å². The molecule has 1 aromatic carbocycles. The van der Waals surface area contributed by atoms with Crippen LogP contribution < -0.4 is 10.2 Å². The molecule has 0 saturated heterocycles. The SMILES string of the molecule is CN(C)c1nc(NCCCO)nc2ccccc12. The molecule has 96 valence electrons. The molecule has 18 heavy (non-hydrogen) atoms. The lowest BCUT2D eigenvalue weighted by Crippen LogP contribution is -2.14. The minimum absolute atomic E-state index is 0.168. The Morgan fingerprint density at radius 2 is 2.00 bits per heavy atom. The van der Waals surface area contributed by atoms with Crippen LogP contribution >= 0.6 is 0 Å². The van der Waals surface area contributed by atoms with E-state index in [9.17, 15) is 0 Å². The standard InChI is InChI=1S/C13H18N4O/c1-17(2)12-10-6-3-4-7-11(10)15-13(16-12)14-8-5-9-18/h3-4,6-7,18H,5,8-9H2,1-2H3,(H,14,15,16). The van der Waals surface area contributed by atoms with Crippen molar-refractivity contribution < 1.29 is 5.11 Å². The molecule has 0 unspecified atom stereocenters. The van der Waals surface area contributed by atoms with Crippen molar-refractivity contribution in [2.45, 2.75) is 6.42 Å². The van der Waals surface area contributed by atoms with Gasteiger partial charge < -0.3 is 15.3 Å². The molecule has 0 saturated carbocycles. The molecule has 0 atom stereocenters. The van der Waals surface area contributed by atoms with Crippen LogP contribution in [0.2, 0.25) is 0 Å². The lowest BCUT2D eigenvalue weighted by atomic mass is 10.2. The first kappa shape index (κ1) is 12.6. The van der Waals surface area contributed by atoms with Crippen LogP contribution in [0, 0.1) is 0 Å². The normalized spacial score (nSPS) is 10.6. The van der Waals surface area contributed by atoms with Gasteiger partial charge in [-0.1, -0.05) is 12.1 Å². The zero-order chi connectivity index (χ0) is 13.0. The Balaban J connectivity index is 2.38. The first-order valence-corrected chi connectivity index (χ1v) is 6.01. The zero-order valence-corrected chi connectivity index (χ0v) is 10.7. The number of aliphatic hydroxyl groups is 1. The second kappa shape index (κ2) is 5.64. The fourth-order valence-electron chi connectivity index (χ4n) is 1.76. The van der Waals surface area contributed by atoms with Crippen molar-refractivity contribution in [3.05, 3.63) is 24.3 Å². The average Bonchev–Trinajstić information content (AvgIpc) is 2.38. The molecule has 2 aromatic rings. The number of rotatable bonds is 5. The molecule has 0 spiro atoms. The Kier molecular flexibility index (Phi) is 3.94. The maximum atomic E-state index is 8.77. The number of aromatic nitrogens is 2. The fraction of sp³-hybridized carbons (Fsp3) is 0.385.